The summed E-state index contributed by atoms with van der Waals surface area (Å²) >= 11 is 5.98. The van der Waals surface area contributed by atoms with Crippen LogP contribution < -0.4 is 15.4 Å². The predicted octanol–water partition coefficient (Wildman–Crippen LogP) is 2.33. The van der Waals surface area contributed by atoms with Crippen LogP contribution in [0, 0.1) is 0 Å². The first-order valence-electron chi connectivity index (χ1n) is 7.64. The number of rotatable bonds is 4. The van der Waals surface area contributed by atoms with E-state index in [1.54, 1.807) is 14.2 Å². The van der Waals surface area contributed by atoms with E-state index in [0.29, 0.717) is 29.8 Å². The average molecular weight is 324 g/mol. The van der Waals surface area contributed by atoms with Crippen LogP contribution in [0.25, 0.3) is 0 Å². The fraction of sp³-hybridized carbons (Fsp3) is 0.562. The van der Waals surface area contributed by atoms with Crippen LogP contribution in [-0.4, -0.2) is 38.4 Å². The molecule has 3 atom stereocenters. The van der Waals surface area contributed by atoms with Gasteiger partial charge >= 0.3 is 0 Å². The molecule has 5 nitrogen and oxygen atoms in total. The van der Waals surface area contributed by atoms with E-state index in [0.717, 1.165) is 30.1 Å². The molecule has 0 radical (unpaired) electrons. The number of hydrogen-bond donors (Lipinski definition) is 2. The molecule has 3 rings (SSSR count). The number of halogens is 1. The largest absolute Gasteiger partial charge is 0.496 e. The summed E-state index contributed by atoms with van der Waals surface area (Å²) in [5, 5.41) is 7.46. The van der Waals surface area contributed by atoms with E-state index in [1.165, 1.54) is 6.42 Å². The Morgan fingerprint density at radius 3 is 2.95 bits per heavy atom. The zero-order valence-corrected chi connectivity index (χ0v) is 13.7. The maximum Gasteiger partial charge on any atom is 0.191 e. The van der Waals surface area contributed by atoms with Crippen molar-refractivity contribution in [2.75, 3.05) is 14.2 Å². The minimum atomic E-state index is 0.327. The smallest absolute Gasteiger partial charge is 0.191 e. The molecule has 3 unspecified atom stereocenters. The fourth-order valence-corrected chi connectivity index (χ4v) is 3.37. The van der Waals surface area contributed by atoms with E-state index in [4.69, 9.17) is 21.1 Å². The Balaban J connectivity index is 1.57. The number of benzene rings is 1. The topological polar surface area (TPSA) is 54.9 Å². The number of ether oxygens (including phenoxy) is 2. The van der Waals surface area contributed by atoms with Crippen molar-refractivity contribution in [3.05, 3.63) is 28.8 Å². The fourth-order valence-electron chi connectivity index (χ4n) is 3.20. The number of guanidine groups is 1. The molecule has 120 valence electrons. The van der Waals surface area contributed by atoms with E-state index in [1.807, 2.05) is 18.2 Å². The number of methoxy groups -OCH3 is 1. The summed E-state index contributed by atoms with van der Waals surface area (Å²) in [5.41, 5.74) is 1.04. The highest BCUT2D eigenvalue weighted by Crippen LogP contribution is 2.34. The van der Waals surface area contributed by atoms with Crippen molar-refractivity contribution in [3.8, 4) is 5.75 Å². The molecule has 22 heavy (non-hydrogen) atoms. The SMILES string of the molecule is CN=C(NCc1ccc(Cl)cc1OC)NC1CC2CCC1O2. The van der Waals surface area contributed by atoms with Gasteiger partial charge in [-0.25, -0.2) is 0 Å². The third-order valence-corrected chi connectivity index (χ3v) is 4.58. The molecular formula is C16H22ClN3O2. The second kappa shape index (κ2) is 6.75. The first-order chi connectivity index (χ1) is 10.7. The van der Waals surface area contributed by atoms with Crippen LogP contribution in [0.5, 0.6) is 5.75 Å². The van der Waals surface area contributed by atoms with Crippen molar-refractivity contribution >= 4 is 17.6 Å². The van der Waals surface area contributed by atoms with Gasteiger partial charge in [-0.15, -0.1) is 0 Å². The lowest BCUT2D eigenvalue weighted by Crippen LogP contribution is -2.47. The molecule has 2 fully saturated rings. The van der Waals surface area contributed by atoms with Gasteiger partial charge in [0, 0.05) is 24.2 Å². The van der Waals surface area contributed by atoms with Crippen LogP contribution in [0.4, 0.5) is 0 Å². The zero-order chi connectivity index (χ0) is 15.5. The number of nitrogens with zero attached hydrogens (tertiary/aromatic N) is 1. The van der Waals surface area contributed by atoms with E-state index in [9.17, 15) is 0 Å². The summed E-state index contributed by atoms with van der Waals surface area (Å²) < 4.78 is 11.2. The molecule has 0 spiro atoms. The lowest BCUT2D eigenvalue weighted by atomic mass is 9.96. The van der Waals surface area contributed by atoms with Gasteiger partial charge in [-0.2, -0.15) is 0 Å². The zero-order valence-electron chi connectivity index (χ0n) is 12.9. The van der Waals surface area contributed by atoms with Crippen LogP contribution in [0.1, 0.15) is 24.8 Å². The van der Waals surface area contributed by atoms with Crippen molar-refractivity contribution in [1.29, 1.82) is 0 Å². The van der Waals surface area contributed by atoms with Gasteiger partial charge in [0.15, 0.2) is 5.96 Å². The van der Waals surface area contributed by atoms with Crippen molar-refractivity contribution in [2.45, 2.75) is 44.1 Å². The first kappa shape index (κ1) is 15.4. The van der Waals surface area contributed by atoms with Crippen molar-refractivity contribution in [1.82, 2.24) is 10.6 Å². The molecule has 2 N–H and O–H groups in total. The van der Waals surface area contributed by atoms with Gasteiger partial charge in [-0.3, -0.25) is 4.99 Å². The van der Waals surface area contributed by atoms with Gasteiger partial charge in [0.1, 0.15) is 5.75 Å². The lowest BCUT2D eigenvalue weighted by Gasteiger charge is -2.23. The summed E-state index contributed by atoms with van der Waals surface area (Å²) in [6, 6.07) is 6.00. The van der Waals surface area contributed by atoms with Gasteiger partial charge in [-0.05, 0) is 31.4 Å². The Morgan fingerprint density at radius 2 is 2.32 bits per heavy atom. The molecule has 2 aliphatic heterocycles. The molecule has 2 saturated heterocycles. The van der Waals surface area contributed by atoms with Gasteiger partial charge in [-0.1, -0.05) is 17.7 Å². The maximum atomic E-state index is 5.98. The number of aliphatic imine (C=N–C) groups is 1. The summed E-state index contributed by atoms with van der Waals surface area (Å²) in [4.78, 5) is 4.30. The first-order valence-corrected chi connectivity index (χ1v) is 8.02. The lowest BCUT2D eigenvalue weighted by molar-refractivity contribution is 0.0992. The predicted molar refractivity (Wildman–Crippen MR) is 87.6 cm³/mol. The van der Waals surface area contributed by atoms with Crippen LogP contribution in [0.15, 0.2) is 23.2 Å². The highest BCUT2D eigenvalue weighted by atomic mass is 35.5. The van der Waals surface area contributed by atoms with Crippen LogP contribution in [-0.2, 0) is 11.3 Å². The molecule has 0 aromatic heterocycles. The van der Waals surface area contributed by atoms with Crippen molar-refractivity contribution < 1.29 is 9.47 Å². The summed E-state index contributed by atoms with van der Waals surface area (Å²) in [6.07, 6.45) is 4.15. The van der Waals surface area contributed by atoms with Gasteiger partial charge < -0.3 is 20.1 Å². The van der Waals surface area contributed by atoms with E-state index in [-0.39, 0.29) is 0 Å². The summed E-state index contributed by atoms with van der Waals surface area (Å²) in [5.74, 6) is 1.57. The van der Waals surface area contributed by atoms with E-state index in [2.05, 4.69) is 15.6 Å². The quantitative estimate of drug-likeness (QED) is 0.659. The Hall–Kier alpha value is -1.46. The Kier molecular flexibility index (Phi) is 4.74. The molecule has 0 aliphatic carbocycles. The standard InChI is InChI=1S/C16H22ClN3O2/c1-18-16(20-13-8-12-5-6-14(13)22-12)19-9-10-3-4-11(17)7-15(10)21-2/h3-4,7,12-14H,5-6,8-9H2,1-2H3,(H2,18,19,20). The Bertz CT molecular complexity index is 564. The molecule has 1 aromatic rings. The molecular weight excluding hydrogens is 302 g/mol. The maximum absolute atomic E-state index is 5.98. The highest BCUT2D eigenvalue weighted by molar-refractivity contribution is 6.30. The molecule has 2 aliphatic rings. The Labute approximate surface area is 136 Å². The average Bonchev–Trinajstić information content (AvgIpc) is 3.14. The number of nitrogens with one attached hydrogen (secondary N) is 2. The second-order valence-electron chi connectivity index (χ2n) is 5.74. The Morgan fingerprint density at radius 1 is 1.45 bits per heavy atom. The molecule has 0 amide bonds. The minimum absolute atomic E-state index is 0.327. The molecule has 1 aromatic carbocycles. The van der Waals surface area contributed by atoms with Crippen LogP contribution in [0.3, 0.4) is 0 Å². The monoisotopic (exact) mass is 323 g/mol. The molecule has 6 heteroatoms. The van der Waals surface area contributed by atoms with Gasteiger partial charge in [0.25, 0.3) is 0 Å². The van der Waals surface area contributed by atoms with Crippen molar-refractivity contribution in [3.63, 3.8) is 0 Å². The molecule has 0 saturated carbocycles. The molecule has 2 heterocycles. The third-order valence-electron chi connectivity index (χ3n) is 4.35. The summed E-state index contributed by atoms with van der Waals surface area (Å²) in [7, 11) is 3.43. The van der Waals surface area contributed by atoms with Crippen molar-refractivity contribution in [2.24, 2.45) is 4.99 Å². The normalized spacial score (nSPS) is 27.0. The van der Waals surface area contributed by atoms with E-state index < -0.39 is 0 Å². The van der Waals surface area contributed by atoms with Crippen LogP contribution in [0.2, 0.25) is 5.02 Å². The van der Waals surface area contributed by atoms with Gasteiger partial charge in [0.05, 0.1) is 25.4 Å². The number of hydrogen-bond acceptors (Lipinski definition) is 3. The second-order valence-corrected chi connectivity index (χ2v) is 6.18. The van der Waals surface area contributed by atoms with Crippen LogP contribution >= 0.6 is 11.6 Å². The molecule has 2 bridgehead atoms. The number of fused-ring (bicyclic) bond motifs is 2. The minimum Gasteiger partial charge on any atom is -0.496 e. The highest BCUT2D eigenvalue weighted by Gasteiger charge is 2.41. The van der Waals surface area contributed by atoms with Gasteiger partial charge in [0.2, 0.25) is 0 Å². The third kappa shape index (κ3) is 3.31. The van der Waals surface area contributed by atoms with E-state index >= 15 is 0 Å². The summed E-state index contributed by atoms with van der Waals surface area (Å²) in [6.45, 7) is 0.627.